The zero-order valence-corrected chi connectivity index (χ0v) is 30.9. The molecule has 0 spiro atoms. The number of carbonyl (C=O) groups excluding carboxylic acids is 4. The van der Waals surface area contributed by atoms with Crippen molar-refractivity contribution < 1.29 is 38.6 Å². The number of hydrogen-bond donors (Lipinski definition) is 2. The lowest BCUT2D eigenvalue weighted by Crippen LogP contribution is -2.48. The molecule has 5 aromatic rings. The summed E-state index contributed by atoms with van der Waals surface area (Å²) in [5.41, 5.74) is 1.05. The third-order valence-electron chi connectivity index (χ3n) is 12.0. The van der Waals surface area contributed by atoms with E-state index < -0.39 is 64.6 Å². The molecule has 2 aromatic carbocycles. The minimum Gasteiger partial charge on any atom is -0.478 e. The lowest BCUT2D eigenvalue weighted by Gasteiger charge is -2.48. The standard InChI is InChI=1S/C40H33ClN4O8S/c1-18-25-14-20(41)7-12-30(25)54-34(18)28-16-31(43(3)42-28)45-36(48)27-15-26-23(33(40(27,2)39(45)52)29-11-8-22(17-46)53-29)9-10-24-32(26)37(49)44(35(24)47)21-6-4-5-19(13-21)38(50)51/h4-9,11-14,16,24,26-27,32-33,46H,10,15,17H2,1-3H3,(H,50,51)/t24-,26+,27-,32-,33+,40+/m0/s1. The minimum absolute atomic E-state index is 0.0619. The SMILES string of the molecule is Cc1c(-c2cc(N3C(=O)[C@@H]4C[C@@H]5C(=CC[C@@H]6C(=O)N(c7cccc(C(=O)O)c7)C(=O)[C@@H]65)[C@H](c5ccc(CO)o5)[C@]4(C)C3=O)n(C)n2)sc2ccc(Cl)cc12. The number of halogens is 1. The monoisotopic (exact) mass is 764 g/mol. The van der Waals surface area contributed by atoms with E-state index in [-0.39, 0.29) is 36.5 Å². The highest BCUT2D eigenvalue weighted by atomic mass is 35.5. The van der Waals surface area contributed by atoms with Gasteiger partial charge in [-0.15, -0.1) is 11.3 Å². The predicted octanol–water partition coefficient (Wildman–Crippen LogP) is 6.48. The molecule has 4 aliphatic rings. The average molecular weight is 765 g/mol. The van der Waals surface area contributed by atoms with Crippen molar-refractivity contribution in [3.63, 3.8) is 0 Å². The molecule has 14 heteroatoms. The second-order valence-electron chi connectivity index (χ2n) is 14.7. The Balaban J connectivity index is 1.13. The number of carboxylic acids is 1. The number of nitrogens with zero attached hydrogens (tertiary/aromatic N) is 4. The van der Waals surface area contributed by atoms with Crippen LogP contribution in [-0.4, -0.2) is 49.6 Å². The van der Waals surface area contributed by atoms with Crippen LogP contribution in [0.1, 0.15) is 53.1 Å². The molecular formula is C40H33ClN4O8S. The van der Waals surface area contributed by atoms with Crippen LogP contribution in [0.15, 0.2) is 76.7 Å². The van der Waals surface area contributed by atoms with Gasteiger partial charge in [-0.1, -0.05) is 29.3 Å². The Morgan fingerprint density at radius 2 is 1.81 bits per heavy atom. The van der Waals surface area contributed by atoms with E-state index in [9.17, 15) is 34.2 Å². The van der Waals surface area contributed by atoms with Crippen LogP contribution in [0.3, 0.4) is 0 Å². The van der Waals surface area contributed by atoms with Gasteiger partial charge in [-0.05, 0) is 92.1 Å². The predicted molar refractivity (Wildman–Crippen MR) is 199 cm³/mol. The van der Waals surface area contributed by atoms with Crippen molar-refractivity contribution in [3.05, 3.63) is 100.0 Å². The van der Waals surface area contributed by atoms with Crippen LogP contribution in [0.4, 0.5) is 11.5 Å². The number of allylic oxidation sites excluding steroid dienone is 2. The van der Waals surface area contributed by atoms with Gasteiger partial charge in [-0.25, -0.2) is 9.69 Å². The highest BCUT2D eigenvalue weighted by molar-refractivity contribution is 7.22. The van der Waals surface area contributed by atoms with Gasteiger partial charge in [-0.3, -0.25) is 28.8 Å². The quantitative estimate of drug-likeness (QED) is 0.146. The number of anilines is 2. The Morgan fingerprint density at radius 1 is 1.02 bits per heavy atom. The molecule has 2 aliphatic carbocycles. The number of amides is 4. The summed E-state index contributed by atoms with van der Waals surface area (Å²) in [6, 6.07) is 16.5. The summed E-state index contributed by atoms with van der Waals surface area (Å²) in [7, 11) is 1.68. The van der Waals surface area contributed by atoms with E-state index in [0.29, 0.717) is 22.3 Å². The number of aromatic nitrogens is 2. The molecule has 12 nitrogen and oxygen atoms in total. The van der Waals surface area contributed by atoms with Gasteiger partial charge >= 0.3 is 5.97 Å². The third-order valence-corrected chi connectivity index (χ3v) is 13.5. The summed E-state index contributed by atoms with van der Waals surface area (Å²) in [5.74, 6) is -5.94. The Morgan fingerprint density at radius 3 is 2.56 bits per heavy atom. The van der Waals surface area contributed by atoms with Crippen LogP contribution < -0.4 is 9.80 Å². The van der Waals surface area contributed by atoms with Crippen molar-refractivity contribution in [1.82, 2.24) is 9.78 Å². The number of aliphatic hydroxyl groups excluding tert-OH is 1. The fourth-order valence-corrected chi connectivity index (χ4v) is 10.7. The first-order valence-electron chi connectivity index (χ1n) is 17.6. The lowest BCUT2D eigenvalue weighted by molar-refractivity contribution is -0.131. The fourth-order valence-electron chi connectivity index (χ4n) is 9.42. The molecule has 4 amide bonds. The maximum Gasteiger partial charge on any atom is 0.335 e. The van der Waals surface area contributed by atoms with Gasteiger partial charge < -0.3 is 14.6 Å². The van der Waals surface area contributed by atoms with Crippen LogP contribution in [0.25, 0.3) is 20.7 Å². The number of carbonyl (C=O) groups is 5. The van der Waals surface area contributed by atoms with E-state index in [1.54, 1.807) is 43.5 Å². The Kier molecular flexibility index (Phi) is 7.69. The number of aryl methyl sites for hydroxylation is 2. The van der Waals surface area contributed by atoms with E-state index in [1.807, 2.05) is 31.2 Å². The second kappa shape index (κ2) is 12.1. The van der Waals surface area contributed by atoms with Crippen molar-refractivity contribution in [3.8, 4) is 10.6 Å². The first-order chi connectivity index (χ1) is 25.8. The molecule has 2 saturated heterocycles. The largest absolute Gasteiger partial charge is 0.478 e. The first-order valence-corrected chi connectivity index (χ1v) is 18.7. The lowest BCUT2D eigenvalue weighted by atomic mass is 9.52. The summed E-state index contributed by atoms with van der Waals surface area (Å²) in [6.45, 7) is 3.36. The maximum atomic E-state index is 15.0. The fraction of sp³-hybridized carbons (Fsp3) is 0.300. The summed E-state index contributed by atoms with van der Waals surface area (Å²) >= 11 is 7.84. The van der Waals surface area contributed by atoms with Crippen molar-refractivity contribution in [2.45, 2.75) is 39.2 Å². The summed E-state index contributed by atoms with van der Waals surface area (Å²) in [5, 5.41) is 25.9. The maximum absolute atomic E-state index is 15.0. The van der Waals surface area contributed by atoms with Gasteiger partial charge in [0.15, 0.2) is 0 Å². The third kappa shape index (κ3) is 4.71. The smallest absolute Gasteiger partial charge is 0.335 e. The molecule has 3 aromatic heterocycles. The molecular weight excluding hydrogens is 732 g/mol. The molecule has 6 atom stereocenters. The van der Waals surface area contributed by atoms with Gasteiger partial charge in [-0.2, -0.15) is 5.10 Å². The number of hydrogen-bond acceptors (Lipinski definition) is 9. The van der Waals surface area contributed by atoms with Crippen LogP contribution >= 0.6 is 22.9 Å². The number of thiophene rings is 1. The van der Waals surface area contributed by atoms with Gasteiger partial charge in [0.25, 0.3) is 0 Å². The Hall–Kier alpha value is -5.37. The molecule has 274 valence electrons. The normalized spacial score (nSPS) is 26.4. The molecule has 5 heterocycles. The number of rotatable bonds is 6. The summed E-state index contributed by atoms with van der Waals surface area (Å²) < 4.78 is 8.68. The number of imide groups is 2. The van der Waals surface area contributed by atoms with Crippen molar-refractivity contribution >= 4 is 74.1 Å². The van der Waals surface area contributed by atoms with Crippen LogP contribution in [0.2, 0.25) is 5.02 Å². The van der Waals surface area contributed by atoms with E-state index >= 15 is 0 Å². The number of aromatic carboxylic acids is 1. The van der Waals surface area contributed by atoms with Crippen LogP contribution in [-0.2, 0) is 32.8 Å². The number of benzene rings is 2. The second-order valence-corrected chi connectivity index (χ2v) is 16.2. The van der Waals surface area contributed by atoms with Crippen LogP contribution in [0, 0.1) is 36.0 Å². The number of aliphatic hydroxyl groups is 1. The zero-order chi connectivity index (χ0) is 38.0. The van der Waals surface area contributed by atoms with Crippen molar-refractivity contribution in [2.75, 3.05) is 9.80 Å². The van der Waals surface area contributed by atoms with Crippen LogP contribution in [0.5, 0.6) is 0 Å². The van der Waals surface area contributed by atoms with Crippen molar-refractivity contribution in [1.29, 1.82) is 0 Å². The Labute approximate surface area is 317 Å². The Bertz CT molecular complexity index is 2530. The van der Waals surface area contributed by atoms with Crippen molar-refractivity contribution in [2.24, 2.45) is 36.1 Å². The highest BCUT2D eigenvalue weighted by Crippen LogP contribution is 2.64. The van der Waals surface area contributed by atoms with E-state index in [2.05, 4.69) is 0 Å². The summed E-state index contributed by atoms with van der Waals surface area (Å²) in [4.78, 5) is 73.0. The number of furan rings is 1. The highest BCUT2D eigenvalue weighted by Gasteiger charge is 2.68. The molecule has 1 saturated carbocycles. The van der Waals surface area contributed by atoms with Gasteiger partial charge in [0.1, 0.15) is 29.6 Å². The van der Waals surface area contributed by atoms with E-state index in [0.717, 1.165) is 31.0 Å². The summed E-state index contributed by atoms with van der Waals surface area (Å²) in [6.07, 6.45) is 2.23. The van der Waals surface area contributed by atoms with Gasteiger partial charge in [0.05, 0.1) is 45.2 Å². The average Bonchev–Trinajstić information content (AvgIpc) is 3.94. The molecule has 3 fully saturated rings. The number of carboxylic acid groups (broad SMARTS) is 1. The van der Waals surface area contributed by atoms with Gasteiger partial charge in [0, 0.05) is 22.8 Å². The topological polar surface area (TPSA) is 163 Å². The van der Waals surface area contributed by atoms with E-state index in [4.69, 9.17) is 21.1 Å². The molecule has 0 unspecified atom stereocenters. The molecule has 9 rings (SSSR count). The molecule has 2 N–H and O–H groups in total. The van der Waals surface area contributed by atoms with E-state index in [1.165, 1.54) is 33.8 Å². The molecule has 0 bridgehead atoms. The first kappa shape index (κ1) is 34.4. The molecule has 2 aliphatic heterocycles. The van der Waals surface area contributed by atoms with Gasteiger partial charge in [0.2, 0.25) is 23.6 Å². The number of fused-ring (bicyclic) bond motifs is 5. The zero-order valence-electron chi connectivity index (χ0n) is 29.3. The molecule has 0 radical (unpaired) electrons. The minimum atomic E-state index is -1.35. The molecule has 54 heavy (non-hydrogen) atoms.